The highest BCUT2D eigenvalue weighted by Gasteiger charge is 2.44. The van der Waals surface area contributed by atoms with E-state index in [9.17, 15) is 0 Å². The van der Waals surface area contributed by atoms with Crippen LogP contribution in [0.4, 0.5) is 5.95 Å². The molecule has 6 nitrogen and oxygen atoms in total. The summed E-state index contributed by atoms with van der Waals surface area (Å²) < 4.78 is 0. The molecule has 1 spiro atoms. The maximum Gasteiger partial charge on any atom is 0.225 e. The van der Waals surface area contributed by atoms with Gasteiger partial charge < -0.3 is 9.80 Å². The van der Waals surface area contributed by atoms with Crippen molar-refractivity contribution in [3.63, 3.8) is 0 Å². The van der Waals surface area contributed by atoms with Crippen molar-refractivity contribution in [3.05, 3.63) is 18.0 Å². The molecule has 31 heavy (non-hydrogen) atoms. The Morgan fingerprint density at radius 1 is 0.935 bits per heavy atom. The van der Waals surface area contributed by atoms with E-state index in [1.807, 2.05) is 0 Å². The highest BCUT2D eigenvalue weighted by Crippen LogP contribution is 2.41. The Morgan fingerprint density at radius 3 is 2.10 bits per heavy atom. The van der Waals surface area contributed by atoms with Gasteiger partial charge in [-0.15, -0.1) is 0 Å². The Labute approximate surface area is 189 Å². The third-order valence-corrected chi connectivity index (χ3v) is 8.23. The number of hydrogen-bond donors (Lipinski definition) is 0. The molecule has 0 radical (unpaired) electrons. The second kappa shape index (κ2) is 8.60. The molecular formula is C25H42N6. The van der Waals surface area contributed by atoms with Crippen molar-refractivity contribution in [1.82, 2.24) is 24.7 Å². The maximum atomic E-state index is 4.83. The first-order valence-electron chi connectivity index (χ1n) is 12.7. The van der Waals surface area contributed by atoms with Crippen LogP contribution in [0.25, 0.3) is 0 Å². The Balaban J connectivity index is 1.12. The molecule has 2 atom stereocenters. The molecule has 2 unspecified atom stereocenters. The van der Waals surface area contributed by atoms with Crippen molar-refractivity contribution in [2.45, 2.75) is 78.0 Å². The van der Waals surface area contributed by atoms with Crippen LogP contribution >= 0.6 is 0 Å². The molecule has 0 aliphatic carbocycles. The summed E-state index contributed by atoms with van der Waals surface area (Å²) in [6.45, 7) is 19.0. The Kier molecular flexibility index (Phi) is 5.99. The van der Waals surface area contributed by atoms with Crippen LogP contribution in [0, 0.1) is 11.3 Å². The standard InChI is InChI=1S/C25H42N6/c1-19(2)13-29-17-25(18-29)7-9-28(10-8-25)14-21-11-26-24(27-12-21)31-22-5-6-23(31)16-30(15-22)20(3)4/h11-12,19-20,22-23H,5-10,13-18H2,1-4H3. The number of likely N-dealkylation sites (tertiary alicyclic amines) is 3. The average molecular weight is 427 g/mol. The van der Waals surface area contributed by atoms with Crippen molar-refractivity contribution in [2.75, 3.05) is 50.7 Å². The Bertz CT molecular complexity index is 717. The number of anilines is 1. The van der Waals surface area contributed by atoms with Crippen molar-refractivity contribution >= 4 is 5.95 Å². The van der Waals surface area contributed by atoms with Crippen LogP contribution in [0.1, 0.15) is 58.9 Å². The maximum absolute atomic E-state index is 4.83. The fraction of sp³-hybridized carbons (Fsp3) is 0.840. The molecule has 172 valence electrons. The molecule has 1 aromatic heterocycles. The number of nitrogens with zero attached hydrogens (tertiary/aromatic N) is 6. The van der Waals surface area contributed by atoms with E-state index < -0.39 is 0 Å². The molecule has 4 aliphatic heterocycles. The van der Waals surface area contributed by atoms with Gasteiger partial charge in [-0.2, -0.15) is 0 Å². The van der Waals surface area contributed by atoms with Crippen LogP contribution in [-0.4, -0.2) is 88.6 Å². The van der Waals surface area contributed by atoms with Crippen molar-refractivity contribution in [2.24, 2.45) is 11.3 Å². The van der Waals surface area contributed by atoms with Gasteiger partial charge in [-0.1, -0.05) is 13.8 Å². The van der Waals surface area contributed by atoms with E-state index >= 15 is 0 Å². The monoisotopic (exact) mass is 426 g/mol. The van der Waals surface area contributed by atoms with Crippen LogP contribution in [-0.2, 0) is 6.54 Å². The number of fused-ring (bicyclic) bond motifs is 2. The summed E-state index contributed by atoms with van der Waals surface area (Å²) in [4.78, 5) is 20.1. The lowest BCUT2D eigenvalue weighted by Gasteiger charge is -2.54. The lowest BCUT2D eigenvalue weighted by atomic mass is 9.71. The highest BCUT2D eigenvalue weighted by molar-refractivity contribution is 5.38. The van der Waals surface area contributed by atoms with E-state index in [0.717, 1.165) is 31.5 Å². The van der Waals surface area contributed by atoms with Crippen LogP contribution in [0.3, 0.4) is 0 Å². The second-order valence-electron chi connectivity index (χ2n) is 11.6. The fourth-order valence-electron chi connectivity index (χ4n) is 6.55. The molecular weight excluding hydrogens is 384 g/mol. The zero-order chi connectivity index (χ0) is 21.6. The largest absolute Gasteiger partial charge is 0.332 e. The SMILES string of the molecule is CC(C)CN1CC2(CCN(Cc3cnc(N4C5CCC4CN(C(C)C)C5)nc3)CC2)C1. The molecule has 0 N–H and O–H groups in total. The first kappa shape index (κ1) is 21.6. The van der Waals surface area contributed by atoms with E-state index in [2.05, 4.69) is 59.7 Å². The predicted molar refractivity (Wildman–Crippen MR) is 126 cm³/mol. The molecule has 0 saturated carbocycles. The van der Waals surface area contributed by atoms with Gasteiger partial charge in [0.1, 0.15) is 0 Å². The lowest BCUT2D eigenvalue weighted by Crippen LogP contribution is -2.60. The van der Waals surface area contributed by atoms with Crippen LogP contribution in [0.15, 0.2) is 12.4 Å². The van der Waals surface area contributed by atoms with Crippen LogP contribution in [0.5, 0.6) is 0 Å². The highest BCUT2D eigenvalue weighted by atomic mass is 15.4. The van der Waals surface area contributed by atoms with E-state index in [1.165, 1.54) is 64.0 Å². The van der Waals surface area contributed by atoms with Gasteiger partial charge in [0.2, 0.25) is 5.95 Å². The summed E-state index contributed by atoms with van der Waals surface area (Å²) in [6.07, 6.45) is 9.45. The topological polar surface area (TPSA) is 38.7 Å². The number of rotatable bonds is 6. The number of piperidine rings is 1. The van der Waals surface area contributed by atoms with Gasteiger partial charge in [-0.25, -0.2) is 9.97 Å². The van der Waals surface area contributed by atoms with Gasteiger partial charge >= 0.3 is 0 Å². The first-order chi connectivity index (χ1) is 14.9. The quantitative estimate of drug-likeness (QED) is 0.696. The fourth-order valence-corrected chi connectivity index (χ4v) is 6.55. The minimum atomic E-state index is 0.586. The zero-order valence-corrected chi connectivity index (χ0v) is 20.1. The molecule has 2 bridgehead atoms. The van der Waals surface area contributed by atoms with Crippen molar-refractivity contribution in [1.29, 1.82) is 0 Å². The number of piperazine rings is 1. The van der Waals surface area contributed by atoms with Crippen molar-refractivity contribution in [3.8, 4) is 0 Å². The molecule has 5 rings (SSSR count). The van der Waals surface area contributed by atoms with Crippen LogP contribution in [0.2, 0.25) is 0 Å². The van der Waals surface area contributed by atoms with E-state index in [1.54, 1.807) is 0 Å². The van der Waals surface area contributed by atoms with Gasteiger partial charge in [0.05, 0.1) is 0 Å². The Morgan fingerprint density at radius 2 is 1.55 bits per heavy atom. The van der Waals surface area contributed by atoms with Crippen LogP contribution < -0.4 is 4.90 Å². The Hall–Kier alpha value is -1.24. The molecule has 0 amide bonds. The lowest BCUT2D eigenvalue weighted by molar-refractivity contribution is -0.0525. The van der Waals surface area contributed by atoms with Crippen molar-refractivity contribution < 1.29 is 0 Å². The average Bonchev–Trinajstić information content (AvgIpc) is 2.97. The summed E-state index contributed by atoms with van der Waals surface area (Å²) in [5.41, 5.74) is 1.88. The molecule has 5 heterocycles. The minimum absolute atomic E-state index is 0.586. The smallest absolute Gasteiger partial charge is 0.225 e. The molecule has 1 aromatic rings. The van der Waals surface area contributed by atoms with Gasteiger partial charge in [-0.05, 0) is 64.0 Å². The summed E-state index contributed by atoms with van der Waals surface area (Å²) in [7, 11) is 0. The summed E-state index contributed by atoms with van der Waals surface area (Å²) >= 11 is 0. The molecule has 4 aliphatic rings. The molecule has 0 aromatic carbocycles. The molecule has 4 fully saturated rings. The third-order valence-electron chi connectivity index (χ3n) is 8.23. The predicted octanol–water partition coefficient (Wildman–Crippen LogP) is 3.09. The molecule has 6 heteroatoms. The second-order valence-corrected chi connectivity index (χ2v) is 11.6. The van der Waals surface area contributed by atoms with Gasteiger partial charge in [0.25, 0.3) is 0 Å². The summed E-state index contributed by atoms with van der Waals surface area (Å²) in [5, 5.41) is 0. The summed E-state index contributed by atoms with van der Waals surface area (Å²) in [6, 6.07) is 1.81. The number of hydrogen-bond acceptors (Lipinski definition) is 6. The first-order valence-corrected chi connectivity index (χ1v) is 12.7. The summed E-state index contributed by atoms with van der Waals surface area (Å²) in [5.74, 6) is 1.74. The van der Waals surface area contributed by atoms with Gasteiger partial charge in [-0.3, -0.25) is 9.80 Å². The molecule has 4 saturated heterocycles. The van der Waals surface area contributed by atoms with E-state index in [4.69, 9.17) is 9.97 Å². The number of aromatic nitrogens is 2. The normalized spacial score (nSPS) is 29.3. The van der Waals surface area contributed by atoms with E-state index in [0.29, 0.717) is 23.5 Å². The third kappa shape index (κ3) is 4.49. The van der Waals surface area contributed by atoms with E-state index in [-0.39, 0.29) is 0 Å². The van der Waals surface area contributed by atoms with Gasteiger partial charge in [0, 0.05) is 75.4 Å². The van der Waals surface area contributed by atoms with Gasteiger partial charge in [0.15, 0.2) is 0 Å². The zero-order valence-electron chi connectivity index (χ0n) is 20.1. The minimum Gasteiger partial charge on any atom is -0.332 e.